The number of rotatable bonds is 7. The standard InChI is InChI=1S/C26H29N3O4S/c1-15(2)33-25(31)23-18(5)28-26-29(24(23)21-9-8-16(3)11-17(21)4)19(14-34-26)12-22(30)27-13-20-7-6-10-32-20/h6-11,14-15,24H,12-13H2,1-5H3,(H,27,30). The number of nitrogens with one attached hydrogen (secondary N) is 1. The summed E-state index contributed by atoms with van der Waals surface area (Å²) in [6.45, 7) is 9.90. The fourth-order valence-corrected chi connectivity index (χ4v) is 5.13. The third kappa shape index (κ3) is 4.97. The summed E-state index contributed by atoms with van der Waals surface area (Å²) in [7, 11) is 0. The van der Waals surface area contributed by atoms with Crippen LogP contribution in [0.15, 0.2) is 68.4 Å². The second-order valence-electron chi connectivity index (χ2n) is 8.74. The minimum atomic E-state index is -0.432. The van der Waals surface area contributed by atoms with Gasteiger partial charge in [0.05, 0.1) is 42.6 Å². The van der Waals surface area contributed by atoms with Gasteiger partial charge in [-0.3, -0.25) is 4.79 Å². The van der Waals surface area contributed by atoms with E-state index >= 15 is 0 Å². The summed E-state index contributed by atoms with van der Waals surface area (Å²) in [5.41, 5.74) is 5.10. The zero-order valence-corrected chi connectivity index (χ0v) is 20.9. The van der Waals surface area contributed by atoms with Gasteiger partial charge in [0, 0.05) is 5.70 Å². The lowest BCUT2D eigenvalue weighted by Crippen LogP contribution is -2.38. The first-order chi connectivity index (χ1) is 16.2. The number of allylic oxidation sites excluding steroid dienone is 1. The zero-order valence-electron chi connectivity index (χ0n) is 20.0. The molecule has 0 aliphatic carbocycles. The zero-order chi connectivity index (χ0) is 24.4. The predicted molar refractivity (Wildman–Crippen MR) is 133 cm³/mol. The fourth-order valence-electron chi connectivity index (χ4n) is 4.16. The maximum Gasteiger partial charge on any atom is 0.338 e. The highest BCUT2D eigenvalue weighted by Gasteiger charge is 2.41. The van der Waals surface area contributed by atoms with Crippen LogP contribution in [0.5, 0.6) is 0 Å². The largest absolute Gasteiger partial charge is 0.467 e. The SMILES string of the molecule is CC1=C(C(=O)OC(C)C)C(c2ccc(C)cc2C)N2C(CC(=O)NCc3ccco3)=CSC2=N1. The van der Waals surface area contributed by atoms with Gasteiger partial charge in [0.25, 0.3) is 0 Å². The average Bonchev–Trinajstić information content (AvgIpc) is 3.41. The molecule has 0 fully saturated rings. The second-order valence-corrected chi connectivity index (χ2v) is 9.58. The van der Waals surface area contributed by atoms with Gasteiger partial charge in [-0.05, 0) is 63.3 Å². The molecule has 1 amide bonds. The fraction of sp³-hybridized carbons (Fsp3) is 0.346. The van der Waals surface area contributed by atoms with Crippen LogP contribution in [0.2, 0.25) is 0 Å². The van der Waals surface area contributed by atoms with Gasteiger partial charge in [-0.1, -0.05) is 35.5 Å². The maximum atomic E-state index is 13.2. The van der Waals surface area contributed by atoms with Crippen molar-refractivity contribution in [2.45, 2.75) is 59.7 Å². The van der Waals surface area contributed by atoms with Crippen LogP contribution in [0.4, 0.5) is 0 Å². The van der Waals surface area contributed by atoms with Gasteiger partial charge in [0.15, 0.2) is 5.17 Å². The quantitative estimate of drug-likeness (QED) is 0.554. The van der Waals surface area contributed by atoms with Crippen molar-refractivity contribution in [3.05, 3.63) is 81.4 Å². The van der Waals surface area contributed by atoms with E-state index < -0.39 is 12.0 Å². The molecule has 1 atom stereocenters. The summed E-state index contributed by atoms with van der Waals surface area (Å²) in [5.74, 6) is 0.161. The molecule has 8 heteroatoms. The van der Waals surface area contributed by atoms with Crippen molar-refractivity contribution in [3.8, 4) is 0 Å². The molecule has 0 spiro atoms. The molecule has 4 rings (SSSR count). The van der Waals surface area contributed by atoms with Gasteiger partial charge < -0.3 is 19.4 Å². The van der Waals surface area contributed by atoms with E-state index in [1.807, 2.05) is 63.1 Å². The molecule has 7 nitrogen and oxygen atoms in total. The Balaban J connectivity index is 1.67. The Morgan fingerprint density at radius 1 is 1.24 bits per heavy atom. The molecule has 34 heavy (non-hydrogen) atoms. The van der Waals surface area contributed by atoms with Crippen LogP contribution in [0.25, 0.3) is 0 Å². The number of hydrogen-bond donors (Lipinski definition) is 1. The molecule has 0 saturated carbocycles. The van der Waals surface area contributed by atoms with Crippen molar-refractivity contribution in [3.63, 3.8) is 0 Å². The molecule has 2 aliphatic rings. The Kier molecular flexibility index (Phi) is 6.97. The number of hydrogen-bond acceptors (Lipinski definition) is 7. The number of aryl methyl sites for hydroxylation is 2. The first-order valence-corrected chi connectivity index (χ1v) is 12.1. The van der Waals surface area contributed by atoms with Gasteiger partial charge in [-0.2, -0.15) is 0 Å². The van der Waals surface area contributed by atoms with E-state index in [-0.39, 0.29) is 18.4 Å². The van der Waals surface area contributed by atoms with Crippen LogP contribution in [-0.4, -0.2) is 28.0 Å². The third-order valence-corrected chi connectivity index (χ3v) is 6.55. The van der Waals surface area contributed by atoms with Crippen LogP contribution < -0.4 is 5.32 Å². The highest BCUT2D eigenvalue weighted by atomic mass is 32.2. The maximum absolute atomic E-state index is 13.2. The highest BCUT2D eigenvalue weighted by molar-refractivity contribution is 8.16. The average molecular weight is 480 g/mol. The molecule has 2 aliphatic heterocycles. The Morgan fingerprint density at radius 2 is 2.03 bits per heavy atom. The second kappa shape index (κ2) is 9.93. The molecule has 1 aromatic carbocycles. The Bertz CT molecular complexity index is 1190. The number of carbonyl (C=O) groups is 2. The van der Waals surface area contributed by atoms with Gasteiger partial charge >= 0.3 is 5.97 Å². The van der Waals surface area contributed by atoms with Gasteiger partial charge in [0.2, 0.25) is 5.91 Å². The van der Waals surface area contributed by atoms with Crippen molar-refractivity contribution in [2.75, 3.05) is 0 Å². The number of nitrogens with zero attached hydrogens (tertiary/aromatic N) is 2. The van der Waals surface area contributed by atoms with Crippen LogP contribution in [0.1, 0.15) is 55.7 Å². The summed E-state index contributed by atoms with van der Waals surface area (Å²) < 4.78 is 10.9. The van der Waals surface area contributed by atoms with Crippen molar-refractivity contribution in [1.29, 1.82) is 0 Å². The molecule has 0 saturated heterocycles. The van der Waals surface area contributed by atoms with E-state index in [0.717, 1.165) is 27.6 Å². The van der Waals surface area contributed by atoms with Crippen LogP contribution in [-0.2, 0) is 20.9 Å². The summed E-state index contributed by atoms with van der Waals surface area (Å²) in [4.78, 5) is 32.7. The molecular formula is C26H29N3O4S. The summed E-state index contributed by atoms with van der Waals surface area (Å²) in [5, 5.41) is 5.58. The number of ether oxygens (including phenoxy) is 1. The van der Waals surface area contributed by atoms with E-state index in [2.05, 4.69) is 11.4 Å². The van der Waals surface area contributed by atoms with Crippen molar-refractivity contribution in [2.24, 2.45) is 4.99 Å². The van der Waals surface area contributed by atoms with E-state index in [1.165, 1.54) is 11.8 Å². The van der Waals surface area contributed by atoms with Gasteiger partial charge in [-0.15, -0.1) is 0 Å². The monoisotopic (exact) mass is 479 g/mol. The topological polar surface area (TPSA) is 84.1 Å². The van der Waals surface area contributed by atoms with Crippen molar-refractivity contribution >= 4 is 28.8 Å². The van der Waals surface area contributed by atoms with Crippen LogP contribution >= 0.6 is 11.8 Å². The van der Waals surface area contributed by atoms with Crippen molar-refractivity contribution in [1.82, 2.24) is 10.2 Å². The van der Waals surface area contributed by atoms with E-state index in [4.69, 9.17) is 14.1 Å². The van der Waals surface area contributed by atoms with E-state index in [9.17, 15) is 9.59 Å². The Labute approximate surface area is 203 Å². The minimum absolute atomic E-state index is 0.138. The first kappa shape index (κ1) is 23.9. The summed E-state index contributed by atoms with van der Waals surface area (Å²) >= 11 is 1.46. The van der Waals surface area contributed by atoms with E-state index in [1.54, 1.807) is 12.3 Å². The molecule has 0 radical (unpaired) electrons. The smallest absolute Gasteiger partial charge is 0.338 e. The number of aliphatic imine (C=N–C) groups is 1. The summed E-state index contributed by atoms with van der Waals surface area (Å²) in [6, 6.07) is 9.36. The molecule has 0 bridgehead atoms. The van der Waals surface area contributed by atoms with Crippen LogP contribution in [0, 0.1) is 13.8 Å². The molecule has 178 valence electrons. The minimum Gasteiger partial charge on any atom is -0.467 e. The molecule has 1 unspecified atom stereocenters. The number of esters is 1. The van der Waals surface area contributed by atoms with Gasteiger partial charge in [0.1, 0.15) is 5.76 Å². The first-order valence-electron chi connectivity index (χ1n) is 11.3. The molecule has 1 N–H and O–H groups in total. The van der Waals surface area contributed by atoms with Crippen molar-refractivity contribution < 1.29 is 18.7 Å². The van der Waals surface area contributed by atoms with Gasteiger partial charge in [-0.25, -0.2) is 9.79 Å². The van der Waals surface area contributed by atoms with E-state index in [0.29, 0.717) is 23.6 Å². The number of thioether (sulfide) groups is 1. The lowest BCUT2D eigenvalue weighted by molar-refractivity contribution is -0.143. The predicted octanol–water partition coefficient (Wildman–Crippen LogP) is 5.13. The third-order valence-electron chi connectivity index (χ3n) is 5.66. The summed E-state index contributed by atoms with van der Waals surface area (Å²) in [6.07, 6.45) is 1.47. The Hall–Kier alpha value is -3.26. The molecule has 2 aromatic rings. The molecular weight excluding hydrogens is 450 g/mol. The highest BCUT2D eigenvalue weighted by Crippen LogP contribution is 2.45. The lowest BCUT2D eigenvalue weighted by atomic mass is 9.90. The van der Waals surface area contributed by atoms with Crippen LogP contribution in [0.3, 0.4) is 0 Å². The molecule has 3 heterocycles. The lowest BCUT2D eigenvalue weighted by Gasteiger charge is -2.37. The Morgan fingerprint density at radius 3 is 2.71 bits per heavy atom. The number of furan rings is 1. The number of amides is 1. The number of fused-ring (bicyclic) bond motifs is 1. The number of amidine groups is 1. The number of carbonyl (C=O) groups excluding carboxylic acids is 2. The normalized spacial score (nSPS) is 17.5. The molecule has 1 aromatic heterocycles. The number of benzene rings is 1.